The number of hydrogen-bond acceptors (Lipinski definition) is 3. The standard InChI is InChI=1S/C13H13BrFNOS/c1-8-2-3-9(15)10(6-8)17-11(7-16)12-4-5-13(14)18-12/h2-6,11H,7,16H2,1H3. The third-order valence-electron chi connectivity index (χ3n) is 2.48. The lowest BCUT2D eigenvalue weighted by molar-refractivity contribution is 0.208. The summed E-state index contributed by atoms with van der Waals surface area (Å²) in [4.78, 5) is 0.977. The van der Waals surface area contributed by atoms with Crippen LogP contribution in [0.4, 0.5) is 4.39 Å². The molecule has 2 N–H and O–H groups in total. The maximum Gasteiger partial charge on any atom is 0.165 e. The highest BCUT2D eigenvalue weighted by Gasteiger charge is 2.16. The second-order valence-corrected chi connectivity index (χ2v) is 6.41. The average Bonchev–Trinajstić information content (AvgIpc) is 2.77. The number of rotatable bonds is 4. The number of halogens is 2. The van der Waals surface area contributed by atoms with Gasteiger partial charge >= 0.3 is 0 Å². The minimum absolute atomic E-state index is 0.245. The van der Waals surface area contributed by atoms with Crippen LogP contribution < -0.4 is 10.5 Å². The molecule has 0 saturated heterocycles. The molecule has 0 fully saturated rings. The molecule has 1 heterocycles. The molecule has 18 heavy (non-hydrogen) atoms. The fourth-order valence-electron chi connectivity index (χ4n) is 1.58. The fraction of sp³-hybridized carbons (Fsp3) is 0.231. The van der Waals surface area contributed by atoms with E-state index in [1.807, 2.05) is 19.1 Å². The topological polar surface area (TPSA) is 35.2 Å². The van der Waals surface area contributed by atoms with Crippen molar-refractivity contribution in [1.29, 1.82) is 0 Å². The van der Waals surface area contributed by atoms with E-state index in [2.05, 4.69) is 15.9 Å². The monoisotopic (exact) mass is 329 g/mol. The van der Waals surface area contributed by atoms with Crippen molar-refractivity contribution in [3.05, 3.63) is 50.4 Å². The van der Waals surface area contributed by atoms with E-state index in [-0.39, 0.29) is 17.7 Å². The van der Waals surface area contributed by atoms with Crippen LogP contribution in [0.1, 0.15) is 16.5 Å². The van der Waals surface area contributed by atoms with Crippen LogP contribution >= 0.6 is 27.3 Å². The summed E-state index contributed by atoms with van der Waals surface area (Å²) in [5.41, 5.74) is 6.65. The Hall–Kier alpha value is -0.910. The van der Waals surface area contributed by atoms with Crippen LogP contribution in [0.5, 0.6) is 5.75 Å². The molecule has 0 spiro atoms. The Kier molecular flexibility index (Phi) is 4.37. The predicted molar refractivity (Wildman–Crippen MR) is 75.6 cm³/mol. The lowest BCUT2D eigenvalue weighted by atomic mass is 10.2. The van der Waals surface area contributed by atoms with Crippen LogP contribution in [-0.2, 0) is 0 Å². The lowest BCUT2D eigenvalue weighted by Crippen LogP contribution is -2.17. The summed E-state index contributed by atoms with van der Waals surface area (Å²) in [6, 6.07) is 8.66. The van der Waals surface area contributed by atoms with Gasteiger partial charge in [-0.3, -0.25) is 0 Å². The number of aryl methyl sites for hydroxylation is 1. The van der Waals surface area contributed by atoms with Crippen molar-refractivity contribution in [2.75, 3.05) is 6.54 Å². The molecule has 1 aromatic carbocycles. The number of thiophene rings is 1. The first kappa shape index (κ1) is 13.5. The van der Waals surface area contributed by atoms with Crippen molar-refractivity contribution < 1.29 is 9.13 Å². The van der Waals surface area contributed by atoms with Crippen LogP contribution in [0, 0.1) is 12.7 Å². The molecule has 0 saturated carbocycles. The van der Waals surface area contributed by atoms with Gasteiger partial charge in [0.25, 0.3) is 0 Å². The minimum Gasteiger partial charge on any atom is -0.480 e. The highest BCUT2D eigenvalue weighted by molar-refractivity contribution is 9.11. The van der Waals surface area contributed by atoms with Gasteiger partial charge in [0.05, 0.1) is 3.79 Å². The molecule has 1 atom stereocenters. The molecule has 0 aliphatic rings. The highest BCUT2D eigenvalue weighted by Crippen LogP contribution is 2.31. The third-order valence-corrected chi connectivity index (χ3v) is 4.20. The van der Waals surface area contributed by atoms with Crippen molar-refractivity contribution in [1.82, 2.24) is 0 Å². The molecule has 2 nitrogen and oxygen atoms in total. The summed E-state index contributed by atoms with van der Waals surface area (Å²) in [5.74, 6) is -0.121. The molecule has 1 aromatic heterocycles. The zero-order valence-corrected chi connectivity index (χ0v) is 12.2. The second-order valence-electron chi connectivity index (χ2n) is 3.92. The number of benzene rings is 1. The van der Waals surface area contributed by atoms with E-state index in [0.717, 1.165) is 14.2 Å². The molecule has 2 aromatic rings. The van der Waals surface area contributed by atoms with Crippen LogP contribution in [0.3, 0.4) is 0 Å². The Bertz CT molecular complexity index is 544. The zero-order chi connectivity index (χ0) is 13.1. The van der Waals surface area contributed by atoms with Gasteiger partial charge in [0, 0.05) is 11.4 Å². The van der Waals surface area contributed by atoms with Crippen LogP contribution in [0.25, 0.3) is 0 Å². The smallest absolute Gasteiger partial charge is 0.165 e. The molecule has 1 unspecified atom stereocenters. The minimum atomic E-state index is -0.366. The molecule has 0 aliphatic carbocycles. The Morgan fingerprint density at radius 1 is 1.39 bits per heavy atom. The van der Waals surface area contributed by atoms with Crippen LogP contribution in [-0.4, -0.2) is 6.54 Å². The highest BCUT2D eigenvalue weighted by atomic mass is 79.9. The maximum atomic E-state index is 13.6. The number of nitrogens with two attached hydrogens (primary N) is 1. The summed E-state index contributed by atoms with van der Waals surface area (Å²) >= 11 is 4.93. The fourth-order valence-corrected chi connectivity index (χ4v) is 3.04. The van der Waals surface area contributed by atoms with Gasteiger partial charge in [-0.2, -0.15) is 0 Å². The van der Waals surface area contributed by atoms with E-state index < -0.39 is 0 Å². The van der Waals surface area contributed by atoms with Gasteiger partial charge in [0.1, 0.15) is 6.10 Å². The van der Waals surface area contributed by atoms with Gasteiger partial charge in [0.2, 0.25) is 0 Å². The van der Waals surface area contributed by atoms with Crippen molar-refractivity contribution >= 4 is 27.3 Å². The molecule has 2 rings (SSSR count). The quantitative estimate of drug-likeness (QED) is 0.918. The Morgan fingerprint density at radius 3 is 2.78 bits per heavy atom. The number of hydrogen-bond donors (Lipinski definition) is 1. The Morgan fingerprint density at radius 2 is 2.17 bits per heavy atom. The summed E-state index contributed by atoms with van der Waals surface area (Å²) in [6.07, 6.45) is -0.322. The molecule has 0 radical (unpaired) electrons. The first-order chi connectivity index (χ1) is 8.60. The van der Waals surface area contributed by atoms with Gasteiger partial charge in [-0.25, -0.2) is 4.39 Å². The largest absolute Gasteiger partial charge is 0.480 e. The molecule has 96 valence electrons. The van der Waals surface area contributed by atoms with Crippen molar-refractivity contribution in [3.8, 4) is 5.75 Å². The summed E-state index contributed by atoms with van der Waals surface area (Å²) in [5, 5.41) is 0. The molecular formula is C13H13BrFNOS. The Labute approximate surface area is 118 Å². The van der Waals surface area contributed by atoms with Crippen molar-refractivity contribution in [3.63, 3.8) is 0 Å². The van der Waals surface area contributed by atoms with Gasteiger partial charge in [-0.1, -0.05) is 6.07 Å². The SMILES string of the molecule is Cc1ccc(F)c(OC(CN)c2ccc(Br)s2)c1. The average molecular weight is 330 g/mol. The third kappa shape index (κ3) is 3.10. The molecule has 0 bridgehead atoms. The molecular weight excluding hydrogens is 317 g/mol. The van der Waals surface area contributed by atoms with Crippen molar-refractivity contribution in [2.45, 2.75) is 13.0 Å². The summed E-state index contributed by atoms with van der Waals surface area (Å²) in [7, 11) is 0. The molecule has 0 aliphatic heterocycles. The van der Waals surface area contributed by atoms with Gasteiger partial charge in [0.15, 0.2) is 11.6 Å². The van der Waals surface area contributed by atoms with E-state index in [4.69, 9.17) is 10.5 Å². The predicted octanol–water partition coefficient (Wildman–Crippen LogP) is 4.04. The van der Waals surface area contributed by atoms with Gasteiger partial charge in [-0.15, -0.1) is 11.3 Å². The van der Waals surface area contributed by atoms with Crippen LogP contribution in [0.15, 0.2) is 34.1 Å². The van der Waals surface area contributed by atoms with Crippen LogP contribution in [0.2, 0.25) is 0 Å². The maximum absolute atomic E-state index is 13.6. The van der Waals surface area contributed by atoms with E-state index in [1.165, 1.54) is 17.4 Å². The first-order valence-corrected chi connectivity index (χ1v) is 7.09. The van der Waals surface area contributed by atoms with E-state index >= 15 is 0 Å². The second kappa shape index (κ2) is 5.82. The Balaban J connectivity index is 2.22. The van der Waals surface area contributed by atoms with Crippen molar-refractivity contribution in [2.24, 2.45) is 5.73 Å². The van der Waals surface area contributed by atoms with Gasteiger partial charge < -0.3 is 10.5 Å². The van der Waals surface area contributed by atoms with E-state index in [0.29, 0.717) is 6.54 Å². The molecule has 0 amide bonds. The van der Waals surface area contributed by atoms with Gasteiger partial charge in [-0.05, 0) is 52.7 Å². The summed E-state index contributed by atoms with van der Waals surface area (Å²) in [6.45, 7) is 2.20. The summed E-state index contributed by atoms with van der Waals surface area (Å²) < 4.78 is 20.3. The normalized spacial score (nSPS) is 12.4. The van der Waals surface area contributed by atoms with E-state index in [9.17, 15) is 4.39 Å². The first-order valence-electron chi connectivity index (χ1n) is 5.48. The van der Waals surface area contributed by atoms with E-state index in [1.54, 1.807) is 12.1 Å². The zero-order valence-electron chi connectivity index (χ0n) is 9.82. The lowest BCUT2D eigenvalue weighted by Gasteiger charge is -2.16. The number of ether oxygens (including phenoxy) is 1. The molecule has 5 heteroatoms.